The van der Waals surface area contributed by atoms with Crippen LogP contribution in [0, 0.1) is 5.92 Å². The Labute approximate surface area is 443 Å². The van der Waals surface area contributed by atoms with Crippen molar-refractivity contribution in [3.05, 3.63) is 136 Å². The van der Waals surface area contributed by atoms with Gasteiger partial charge in [0, 0.05) is 75.0 Å². The van der Waals surface area contributed by atoms with E-state index in [1.807, 2.05) is 100 Å². The lowest BCUT2D eigenvalue weighted by Gasteiger charge is -2.40. The molecule has 0 spiro atoms. The number of ether oxygens (including phenoxy) is 3. The monoisotopic (exact) mass is 1050 g/mol. The van der Waals surface area contributed by atoms with Crippen molar-refractivity contribution in [2.45, 2.75) is 82.3 Å². The molecule has 4 N–H and O–H groups in total. The number of benzene rings is 4. The van der Waals surface area contributed by atoms with E-state index in [4.69, 9.17) is 37.4 Å². The first-order valence-electron chi connectivity index (χ1n) is 24.6. The highest BCUT2D eigenvalue weighted by atomic mass is 35.5. The lowest BCUT2D eigenvalue weighted by atomic mass is 9.92. The molecular weight excluding hydrogens is 988 g/mol. The number of halogens is 2. The molecule has 19 heteroatoms. The van der Waals surface area contributed by atoms with E-state index in [2.05, 4.69) is 30.4 Å². The average molecular weight is 1060 g/mol. The van der Waals surface area contributed by atoms with Gasteiger partial charge in [-0.15, -0.1) is 0 Å². The smallest absolute Gasteiger partial charge is 0.304 e. The third-order valence-corrected chi connectivity index (χ3v) is 13.7. The van der Waals surface area contributed by atoms with Crippen molar-refractivity contribution in [3.8, 4) is 22.8 Å². The second-order valence-electron chi connectivity index (χ2n) is 19.0. The quantitative estimate of drug-likeness (QED) is 0.0504. The first kappa shape index (κ1) is 56.9. The number of nitrogens with zero attached hydrogens (tertiary/aromatic N) is 5. The number of hydrogen-bond donors (Lipinski definition) is 4. The molecule has 396 valence electrons. The number of carbonyl (C=O) groups is 5. The molecule has 0 radical (unpaired) electrons. The minimum Gasteiger partial charge on any atom is -0.481 e. The Morgan fingerprint density at radius 3 is 2.24 bits per heavy atom. The number of likely N-dealkylation sites (N-methyl/N-ethyl adjacent to an activating group) is 2. The number of hydrogen-bond acceptors (Lipinski definition) is 11. The number of aliphatic carboxylic acids is 1. The predicted octanol–water partition coefficient (Wildman–Crippen LogP) is 6.38. The van der Waals surface area contributed by atoms with Crippen molar-refractivity contribution in [2.24, 2.45) is 13.0 Å². The zero-order valence-corrected chi connectivity index (χ0v) is 44.6. The van der Waals surface area contributed by atoms with Crippen molar-refractivity contribution >= 4 is 52.8 Å². The number of carboxylic acid groups (broad SMARTS) is 1. The maximum absolute atomic E-state index is 14.4. The molecule has 4 aromatic carbocycles. The molecule has 4 amide bonds. The van der Waals surface area contributed by atoms with Crippen LogP contribution < -0.4 is 20.7 Å². The van der Waals surface area contributed by atoms with Gasteiger partial charge in [-0.05, 0) is 99.9 Å². The summed E-state index contributed by atoms with van der Waals surface area (Å²) in [6, 6.07) is 25.6. The van der Waals surface area contributed by atoms with Gasteiger partial charge in [-0.1, -0.05) is 71.7 Å². The third kappa shape index (κ3) is 16.1. The Balaban J connectivity index is 1.10. The molecule has 1 aliphatic heterocycles. The van der Waals surface area contributed by atoms with Crippen molar-refractivity contribution in [3.63, 3.8) is 0 Å². The van der Waals surface area contributed by atoms with Gasteiger partial charge in [0.05, 0.1) is 62.1 Å². The Kier molecular flexibility index (Phi) is 21.0. The summed E-state index contributed by atoms with van der Waals surface area (Å²) in [4.78, 5) is 77.9. The normalized spacial score (nSPS) is 16.1. The zero-order chi connectivity index (χ0) is 53.5. The lowest BCUT2D eigenvalue weighted by Crippen LogP contribution is -2.59. The molecule has 1 aliphatic rings. The molecule has 0 aliphatic carbocycles. The van der Waals surface area contributed by atoms with Crippen LogP contribution >= 0.6 is 23.2 Å². The summed E-state index contributed by atoms with van der Waals surface area (Å²) in [5.41, 5.74) is 4.34. The summed E-state index contributed by atoms with van der Waals surface area (Å²) in [6.45, 7) is 2.92. The maximum atomic E-state index is 14.4. The highest BCUT2D eigenvalue weighted by Gasteiger charge is 2.37. The summed E-state index contributed by atoms with van der Waals surface area (Å²) in [5.74, 6) is -1.57. The van der Waals surface area contributed by atoms with Crippen LogP contribution in [0.25, 0.3) is 11.3 Å². The van der Waals surface area contributed by atoms with Crippen molar-refractivity contribution in [1.82, 2.24) is 40.2 Å². The minimum absolute atomic E-state index is 0.118. The minimum atomic E-state index is -1.12. The number of methoxy groups -OCH3 is 1. The van der Waals surface area contributed by atoms with Gasteiger partial charge < -0.3 is 54.5 Å². The van der Waals surface area contributed by atoms with E-state index in [1.54, 1.807) is 45.3 Å². The number of amides is 4. The van der Waals surface area contributed by atoms with E-state index in [1.165, 1.54) is 16.9 Å². The van der Waals surface area contributed by atoms with Crippen LogP contribution in [0.4, 0.5) is 0 Å². The fraction of sp³-hybridized carbons (Fsp3) is 0.418. The summed E-state index contributed by atoms with van der Waals surface area (Å²) < 4.78 is 19.6. The molecule has 0 bridgehead atoms. The van der Waals surface area contributed by atoms with E-state index in [-0.39, 0.29) is 51.3 Å². The molecule has 0 saturated carbocycles. The first-order valence-corrected chi connectivity index (χ1v) is 25.3. The first-order chi connectivity index (χ1) is 35.4. The Bertz CT molecular complexity index is 2670. The highest BCUT2D eigenvalue weighted by molar-refractivity contribution is 6.31. The standard InChI is InChI=1S/C55H68Cl2N8O9/c1-35(58-30-39-15-20-42(57)28-49(39)74-44-21-16-38(17-22-44)48-31-59-50(64(48)5)32-62(2)3)53(69)61-46(33-72-7)55(71)63(4)43(26-37-13-18-41(56)19-14-37)29-51(66)60-45-34-73-24-23-47(45)65(6)54(70)40(27-52(67)68)25-36-11-9-8-10-12-36/h8-22,28,31,35,40,43,45-47,58H,23-27,29-30,32-34H2,1-7H3,(H,60,66)(H,61,69)(H,67,68). The lowest BCUT2D eigenvalue weighted by molar-refractivity contribution is -0.146. The molecule has 17 nitrogen and oxygen atoms in total. The maximum Gasteiger partial charge on any atom is 0.304 e. The van der Waals surface area contributed by atoms with E-state index in [0.717, 1.165) is 33.8 Å². The van der Waals surface area contributed by atoms with Crippen LogP contribution in [-0.4, -0.2) is 144 Å². The topological polar surface area (TPSA) is 197 Å². The summed E-state index contributed by atoms with van der Waals surface area (Å²) in [7, 11) is 10.6. The molecular formula is C55H68Cl2N8O9. The van der Waals surface area contributed by atoms with E-state index in [9.17, 15) is 29.1 Å². The average Bonchev–Trinajstić information content (AvgIpc) is 3.73. The molecule has 1 aromatic heterocycles. The highest BCUT2D eigenvalue weighted by Crippen LogP contribution is 2.31. The Morgan fingerprint density at radius 1 is 0.878 bits per heavy atom. The summed E-state index contributed by atoms with van der Waals surface area (Å²) >= 11 is 12.6. The molecule has 2 heterocycles. The van der Waals surface area contributed by atoms with Crippen LogP contribution in [0.2, 0.25) is 10.0 Å². The molecule has 1 saturated heterocycles. The van der Waals surface area contributed by atoms with Gasteiger partial charge in [0.1, 0.15) is 23.4 Å². The second kappa shape index (κ2) is 27.3. The Hall–Kier alpha value is -6.34. The second-order valence-corrected chi connectivity index (χ2v) is 19.9. The van der Waals surface area contributed by atoms with Gasteiger partial charge in [-0.25, -0.2) is 4.98 Å². The van der Waals surface area contributed by atoms with Crippen molar-refractivity contribution in [2.75, 3.05) is 55.1 Å². The van der Waals surface area contributed by atoms with E-state index < -0.39 is 59.8 Å². The van der Waals surface area contributed by atoms with Gasteiger partial charge >= 0.3 is 5.97 Å². The molecule has 6 unspecified atom stereocenters. The number of carbonyl (C=O) groups excluding carboxylic acids is 4. The molecule has 6 atom stereocenters. The van der Waals surface area contributed by atoms with Crippen LogP contribution in [-0.2, 0) is 66.4 Å². The van der Waals surface area contributed by atoms with E-state index >= 15 is 0 Å². The fourth-order valence-electron chi connectivity index (χ4n) is 9.01. The summed E-state index contributed by atoms with van der Waals surface area (Å²) in [5, 5.41) is 19.9. The van der Waals surface area contributed by atoms with Gasteiger partial charge in [-0.2, -0.15) is 0 Å². The number of imidazole rings is 1. The fourth-order valence-corrected chi connectivity index (χ4v) is 9.30. The van der Waals surface area contributed by atoms with Crippen LogP contribution in [0.15, 0.2) is 103 Å². The van der Waals surface area contributed by atoms with Crippen molar-refractivity contribution < 1.29 is 43.3 Å². The van der Waals surface area contributed by atoms with Gasteiger partial charge in [0.25, 0.3) is 0 Å². The molecule has 6 rings (SSSR count). The number of rotatable bonds is 25. The van der Waals surface area contributed by atoms with Gasteiger partial charge in [0.2, 0.25) is 23.6 Å². The van der Waals surface area contributed by atoms with Gasteiger partial charge in [-0.3, -0.25) is 24.0 Å². The largest absolute Gasteiger partial charge is 0.481 e. The number of aromatic nitrogens is 2. The van der Waals surface area contributed by atoms with Crippen LogP contribution in [0.1, 0.15) is 48.7 Å². The number of nitrogens with one attached hydrogen (secondary N) is 3. The van der Waals surface area contributed by atoms with E-state index in [0.29, 0.717) is 41.1 Å². The predicted molar refractivity (Wildman–Crippen MR) is 284 cm³/mol. The zero-order valence-electron chi connectivity index (χ0n) is 43.1. The molecule has 1 fully saturated rings. The molecule has 74 heavy (non-hydrogen) atoms. The van der Waals surface area contributed by atoms with Crippen molar-refractivity contribution in [1.29, 1.82) is 0 Å². The van der Waals surface area contributed by atoms with Gasteiger partial charge in [0.15, 0.2) is 0 Å². The number of carboxylic acids is 1. The third-order valence-electron chi connectivity index (χ3n) is 13.2. The Morgan fingerprint density at radius 2 is 1.57 bits per heavy atom. The summed E-state index contributed by atoms with van der Waals surface area (Å²) in [6.07, 6.45) is 2.27. The van der Waals surface area contributed by atoms with Crippen LogP contribution in [0.5, 0.6) is 11.5 Å². The SMILES string of the molecule is COCC(NC(=O)C(C)NCc1ccc(Cl)cc1Oc1ccc(-c2cnc(CN(C)C)n2C)cc1)C(=O)N(C)C(CC(=O)NC1COCCC1N(C)C(=O)C(CC(=O)O)Cc1ccccc1)Cc1ccc(Cl)cc1. The molecule has 5 aromatic rings. The van der Waals surface area contributed by atoms with Crippen LogP contribution in [0.3, 0.4) is 0 Å².